The molecule has 0 aliphatic heterocycles. The van der Waals surface area contributed by atoms with Crippen molar-refractivity contribution in [1.82, 2.24) is 5.32 Å². The third kappa shape index (κ3) is 6.84. The quantitative estimate of drug-likeness (QED) is 0.171. The van der Waals surface area contributed by atoms with Crippen molar-refractivity contribution in [3.63, 3.8) is 0 Å². The zero-order valence-electron chi connectivity index (χ0n) is 15.8. The third-order valence-corrected chi connectivity index (χ3v) is 4.49. The summed E-state index contributed by atoms with van der Waals surface area (Å²) in [5.74, 6) is -10.7. The Hall–Kier alpha value is -2.79. The first kappa shape index (κ1) is 28.2. The molecule has 8 nitrogen and oxygen atoms in total. The van der Waals surface area contributed by atoms with E-state index in [2.05, 4.69) is 16.1 Å². The van der Waals surface area contributed by atoms with Gasteiger partial charge in [0.2, 0.25) is 0 Å². The molecular formula is C16H13F8NO7S. The smallest absolute Gasteiger partial charge is 0.412 e. The molecule has 0 aromatic heterocycles. The van der Waals surface area contributed by atoms with Crippen LogP contribution in [0.2, 0.25) is 0 Å². The molecule has 0 spiro atoms. The SMILES string of the molecule is C=C(C(=O)OC(OCC(F)(F)S(=O)(=O)O)(C(=O)NCc1ccccc1)C(F)(F)F)C(F)(F)F. The molecule has 0 bridgehead atoms. The average Bonchev–Trinajstić information content (AvgIpc) is 2.66. The summed E-state index contributed by atoms with van der Waals surface area (Å²) in [5, 5.41) is -4.01. The summed E-state index contributed by atoms with van der Waals surface area (Å²) < 4.78 is 143. The first-order valence-corrected chi connectivity index (χ1v) is 9.56. The van der Waals surface area contributed by atoms with Crippen molar-refractivity contribution in [3.8, 4) is 0 Å². The third-order valence-electron chi connectivity index (χ3n) is 3.61. The molecule has 0 heterocycles. The largest absolute Gasteiger partial charge is 0.466 e. The van der Waals surface area contributed by atoms with E-state index in [1.165, 1.54) is 35.6 Å². The van der Waals surface area contributed by atoms with Gasteiger partial charge in [-0.05, 0) is 5.56 Å². The average molecular weight is 515 g/mol. The monoisotopic (exact) mass is 515 g/mol. The summed E-state index contributed by atoms with van der Waals surface area (Å²) in [7, 11) is -6.41. The second-order valence-corrected chi connectivity index (χ2v) is 7.60. The molecule has 0 fully saturated rings. The number of esters is 1. The molecule has 1 unspecified atom stereocenters. The molecule has 2 N–H and O–H groups in total. The summed E-state index contributed by atoms with van der Waals surface area (Å²) in [5.41, 5.74) is -2.46. The lowest BCUT2D eigenvalue weighted by molar-refractivity contribution is -0.353. The number of rotatable bonds is 9. The Kier molecular flexibility index (Phi) is 8.22. The predicted molar refractivity (Wildman–Crippen MR) is 90.8 cm³/mol. The molecule has 0 saturated carbocycles. The Balaban J connectivity index is 3.43. The summed E-state index contributed by atoms with van der Waals surface area (Å²) in [6.45, 7) is -1.58. The molecule has 0 radical (unpaired) electrons. The number of carbonyl (C=O) groups is 2. The lowest BCUT2D eigenvalue weighted by Crippen LogP contribution is -2.62. The molecule has 1 aromatic rings. The summed E-state index contributed by atoms with van der Waals surface area (Å²) in [6.07, 6.45) is -12.0. The maximum atomic E-state index is 13.7. The van der Waals surface area contributed by atoms with Gasteiger partial charge in [-0.15, -0.1) is 0 Å². The van der Waals surface area contributed by atoms with E-state index in [0.717, 1.165) is 0 Å². The standard InChI is InChI=1S/C16H13F8NO7S/c1-9(15(19,20)21)11(26)32-14(16(22,23)24,31-8-13(17,18)33(28,29)30)12(27)25-7-10-5-3-2-4-6-10/h2-6H,1,7-8H2,(H,25,27)(H,28,29,30). The molecule has 0 aliphatic rings. The minimum atomic E-state index is -6.41. The van der Waals surface area contributed by atoms with E-state index in [1.54, 1.807) is 0 Å². The number of ether oxygens (including phenoxy) is 2. The molecular weight excluding hydrogens is 502 g/mol. The molecule has 1 aromatic carbocycles. The first-order valence-electron chi connectivity index (χ1n) is 8.12. The Morgan fingerprint density at radius 1 is 1.00 bits per heavy atom. The number of amides is 1. The van der Waals surface area contributed by atoms with Gasteiger partial charge in [-0.1, -0.05) is 36.9 Å². The van der Waals surface area contributed by atoms with Crippen molar-refractivity contribution >= 4 is 22.0 Å². The van der Waals surface area contributed by atoms with Crippen molar-refractivity contribution < 1.29 is 67.2 Å². The summed E-state index contributed by atoms with van der Waals surface area (Å²) in [6, 6.07) is 6.74. The van der Waals surface area contributed by atoms with Gasteiger partial charge in [-0.25, -0.2) is 4.79 Å². The number of hydrogen-bond donors (Lipinski definition) is 2. The van der Waals surface area contributed by atoms with Crippen LogP contribution in [0.15, 0.2) is 42.5 Å². The zero-order valence-corrected chi connectivity index (χ0v) is 16.7. The van der Waals surface area contributed by atoms with Crippen molar-refractivity contribution in [2.75, 3.05) is 6.61 Å². The fourth-order valence-electron chi connectivity index (χ4n) is 1.87. The van der Waals surface area contributed by atoms with Crippen molar-refractivity contribution in [2.24, 2.45) is 0 Å². The van der Waals surface area contributed by atoms with Gasteiger partial charge < -0.3 is 14.8 Å². The van der Waals surface area contributed by atoms with Gasteiger partial charge in [0.25, 0.3) is 0 Å². The number of benzene rings is 1. The normalized spacial score (nSPS) is 14.8. The molecule has 33 heavy (non-hydrogen) atoms. The number of carbonyl (C=O) groups excluding carboxylic acids is 2. The van der Waals surface area contributed by atoms with E-state index in [-0.39, 0.29) is 5.56 Å². The van der Waals surface area contributed by atoms with Crippen LogP contribution in [-0.4, -0.2) is 54.8 Å². The molecule has 0 saturated heterocycles. The van der Waals surface area contributed by atoms with Crippen molar-refractivity contribution in [1.29, 1.82) is 0 Å². The highest BCUT2D eigenvalue weighted by atomic mass is 32.2. The van der Waals surface area contributed by atoms with Gasteiger partial charge >= 0.3 is 45.4 Å². The van der Waals surface area contributed by atoms with E-state index >= 15 is 0 Å². The van der Waals surface area contributed by atoms with Gasteiger partial charge in [0.15, 0.2) is 0 Å². The van der Waals surface area contributed by atoms with Crippen LogP contribution in [0.1, 0.15) is 5.56 Å². The van der Waals surface area contributed by atoms with Crippen LogP contribution in [0, 0.1) is 0 Å². The van der Waals surface area contributed by atoms with Crippen LogP contribution in [0.25, 0.3) is 0 Å². The lowest BCUT2D eigenvalue weighted by Gasteiger charge is -2.34. The van der Waals surface area contributed by atoms with Crippen molar-refractivity contribution in [3.05, 3.63) is 48.0 Å². The molecule has 186 valence electrons. The number of halogens is 8. The van der Waals surface area contributed by atoms with E-state index in [9.17, 15) is 53.1 Å². The van der Waals surface area contributed by atoms with Gasteiger partial charge in [-0.2, -0.15) is 43.5 Å². The second-order valence-electron chi connectivity index (χ2n) is 6.05. The van der Waals surface area contributed by atoms with Crippen LogP contribution < -0.4 is 5.32 Å². The van der Waals surface area contributed by atoms with E-state index in [0.29, 0.717) is 0 Å². The predicted octanol–water partition coefficient (Wildman–Crippen LogP) is 2.72. The highest BCUT2D eigenvalue weighted by Crippen LogP contribution is 2.39. The molecule has 1 atom stereocenters. The second kappa shape index (κ2) is 9.60. The molecule has 1 amide bonds. The lowest BCUT2D eigenvalue weighted by atomic mass is 10.2. The van der Waals surface area contributed by atoms with Crippen LogP contribution in [0.5, 0.6) is 0 Å². The minimum absolute atomic E-state index is 0.108. The van der Waals surface area contributed by atoms with E-state index < -0.39 is 64.1 Å². The van der Waals surface area contributed by atoms with E-state index in [1.807, 2.05) is 0 Å². The highest BCUT2D eigenvalue weighted by molar-refractivity contribution is 7.86. The Labute approximate surface area is 179 Å². The first-order chi connectivity index (χ1) is 14.7. The maximum Gasteiger partial charge on any atom is 0.466 e. The fourth-order valence-corrected chi connectivity index (χ4v) is 2.08. The van der Waals surface area contributed by atoms with Crippen molar-refractivity contribution in [2.45, 2.75) is 29.9 Å². The van der Waals surface area contributed by atoms with Gasteiger partial charge in [0.05, 0.1) is 0 Å². The Morgan fingerprint density at radius 3 is 1.94 bits per heavy atom. The molecule has 1 rings (SSSR count). The maximum absolute atomic E-state index is 13.7. The number of hydrogen-bond acceptors (Lipinski definition) is 6. The van der Waals surface area contributed by atoms with Gasteiger partial charge in [0, 0.05) is 6.54 Å². The van der Waals surface area contributed by atoms with Crippen LogP contribution in [0.3, 0.4) is 0 Å². The fraction of sp³-hybridized carbons (Fsp3) is 0.375. The van der Waals surface area contributed by atoms with Crippen LogP contribution in [-0.2, 0) is 35.7 Å². The Bertz CT molecular complexity index is 992. The Morgan fingerprint density at radius 2 is 1.52 bits per heavy atom. The summed E-state index contributed by atoms with van der Waals surface area (Å²) in [4.78, 5) is 23.9. The highest BCUT2D eigenvalue weighted by Gasteiger charge is 2.68. The van der Waals surface area contributed by atoms with Crippen LogP contribution >= 0.6 is 0 Å². The molecule has 17 heteroatoms. The van der Waals surface area contributed by atoms with E-state index in [4.69, 9.17) is 4.55 Å². The minimum Gasteiger partial charge on any atom is -0.412 e. The van der Waals surface area contributed by atoms with Gasteiger partial charge in [0.1, 0.15) is 12.2 Å². The zero-order chi connectivity index (χ0) is 25.9. The van der Waals surface area contributed by atoms with Gasteiger partial charge in [-0.3, -0.25) is 9.35 Å². The summed E-state index contributed by atoms with van der Waals surface area (Å²) >= 11 is 0. The molecule has 0 aliphatic carbocycles. The number of nitrogens with one attached hydrogen (secondary N) is 1. The topological polar surface area (TPSA) is 119 Å². The van der Waals surface area contributed by atoms with Crippen LogP contribution in [0.4, 0.5) is 35.1 Å². The number of alkyl halides is 8.